The van der Waals surface area contributed by atoms with Gasteiger partial charge in [-0.1, -0.05) is 41.6 Å². The van der Waals surface area contributed by atoms with Crippen molar-refractivity contribution in [3.8, 4) is 5.75 Å². The second kappa shape index (κ2) is 8.56. The van der Waals surface area contributed by atoms with E-state index in [1.807, 2.05) is 31.2 Å². The fourth-order valence-corrected chi connectivity index (χ4v) is 3.74. The number of thiocarbonyl (C=S) groups is 1. The van der Waals surface area contributed by atoms with Gasteiger partial charge in [0.25, 0.3) is 11.8 Å². The summed E-state index contributed by atoms with van der Waals surface area (Å²) >= 11 is 12.3. The Morgan fingerprint density at radius 2 is 2.07 bits per heavy atom. The van der Waals surface area contributed by atoms with Crippen molar-refractivity contribution in [1.82, 2.24) is 10.4 Å². The molecule has 27 heavy (non-hydrogen) atoms. The quantitative estimate of drug-likeness (QED) is 0.580. The van der Waals surface area contributed by atoms with Crippen molar-refractivity contribution in [1.29, 1.82) is 0 Å². The van der Waals surface area contributed by atoms with Gasteiger partial charge in [0.1, 0.15) is 5.75 Å². The number of ether oxygens (including phenoxy) is 1. The van der Waals surface area contributed by atoms with Crippen LogP contribution < -0.4 is 10.2 Å². The van der Waals surface area contributed by atoms with Crippen LogP contribution in [-0.2, 0) is 4.79 Å². The molecule has 0 atom stereocenters. The molecule has 138 valence electrons. The molecule has 1 heterocycles. The van der Waals surface area contributed by atoms with Crippen molar-refractivity contribution in [3.05, 3.63) is 69.6 Å². The highest BCUT2D eigenvalue weighted by molar-refractivity contribution is 8.26. The molecule has 0 spiro atoms. The van der Waals surface area contributed by atoms with Crippen LogP contribution in [0, 0.1) is 0 Å². The second-order valence-electron chi connectivity index (χ2n) is 5.47. The van der Waals surface area contributed by atoms with Gasteiger partial charge in [-0.3, -0.25) is 15.0 Å². The number of rotatable bonds is 5. The molecule has 0 radical (unpaired) electrons. The highest BCUT2D eigenvalue weighted by Crippen LogP contribution is 2.32. The lowest BCUT2D eigenvalue weighted by atomic mass is 10.2. The average Bonchev–Trinajstić information content (AvgIpc) is 2.90. The van der Waals surface area contributed by atoms with Crippen LogP contribution in [0.25, 0.3) is 6.08 Å². The molecule has 1 N–H and O–H groups in total. The van der Waals surface area contributed by atoms with Gasteiger partial charge in [-0.2, -0.15) is 5.01 Å². The largest absolute Gasteiger partial charge is 0.494 e. The van der Waals surface area contributed by atoms with Gasteiger partial charge in [-0.25, -0.2) is 0 Å². The lowest BCUT2D eigenvalue weighted by molar-refractivity contribution is -0.123. The zero-order chi connectivity index (χ0) is 19.4. The monoisotopic (exact) mass is 418 g/mol. The minimum Gasteiger partial charge on any atom is -0.494 e. The predicted octanol–water partition coefficient (Wildman–Crippen LogP) is 4.28. The van der Waals surface area contributed by atoms with Gasteiger partial charge < -0.3 is 4.74 Å². The summed E-state index contributed by atoms with van der Waals surface area (Å²) in [5, 5.41) is 1.50. The van der Waals surface area contributed by atoms with Gasteiger partial charge >= 0.3 is 0 Å². The summed E-state index contributed by atoms with van der Waals surface area (Å²) in [6.45, 7) is 2.46. The third-order valence-corrected chi connectivity index (χ3v) is 5.10. The van der Waals surface area contributed by atoms with Crippen molar-refractivity contribution in [2.75, 3.05) is 6.61 Å². The average molecular weight is 419 g/mol. The lowest BCUT2D eigenvalue weighted by Crippen LogP contribution is -2.44. The predicted molar refractivity (Wildman–Crippen MR) is 112 cm³/mol. The zero-order valence-corrected chi connectivity index (χ0v) is 16.7. The van der Waals surface area contributed by atoms with Crippen LogP contribution in [0.3, 0.4) is 0 Å². The van der Waals surface area contributed by atoms with Crippen LogP contribution in [-0.4, -0.2) is 27.8 Å². The van der Waals surface area contributed by atoms with E-state index in [-0.39, 0.29) is 10.2 Å². The summed E-state index contributed by atoms with van der Waals surface area (Å²) in [6, 6.07) is 13.8. The topological polar surface area (TPSA) is 58.6 Å². The van der Waals surface area contributed by atoms with E-state index in [0.29, 0.717) is 22.1 Å². The van der Waals surface area contributed by atoms with E-state index in [1.165, 1.54) is 6.07 Å². The van der Waals surface area contributed by atoms with Crippen molar-refractivity contribution < 1.29 is 14.3 Å². The van der Waals surface area contributed by atoms with Crippen LogP contribution in [0.15, 0.2) is 53.4 Å². The van der Waals surface area contributed by atoms with Crippen molar-refractivity contribution >= 4 is 57.8 Å². The van der Waals surface area contributed by atoms with Gasteiger partial charge in [0.15, 0.2) is 4.32 Å². The Kier molecular flexibility index (Phi) is 6.15. The molecule has 1 aliphatic rings. The first-order chi connectivity index (χ1) is 13.0. The SMILES string of the molecule is CCOc1cccc(/C=C2/SC(=S)N(NC(=O)c3cccc(Cl)c3)C2=O)c1. The fraction of sp³-hybridized carbons (Fsp3) is 0.105. The van der Waals surface area contributed by atoms with Gasteiger partial charge in [0, 0.05) is 10.6 Å². The summed E-state index contributed by atoms with van der Waals surface area (Å²) in [5.41, 5.74) is 3.67. The molecule has 0 aromatic heterocycles. The molecule has 0 saturated carbocycles. The van der Waals surface area contributed by atoms with Gasteiger partial charge in [0.2, 0.25) is 0 Å². The first kappa shape index (κ1) is 19.4. The van der Waals surface area contributed by atoms with E-state index < -0.39 is 5.91 Å². The molecular formula is C19H15ClN2O3S2. The van der Waals surface area contributed by atoms with Crippen molar-refractivity contribution in [2.24, 2.45) is 0 Å². The molecule has 3 rings (SSSR count). The van der Waals surface area contributed by atoms with Gasteiger partial charge in [0.05, 0.1) is 11.5 Å². The normalized spacial score (nSPS) is 15.3. The Bertz CT molecular complexity index is 946. The smallest absolute Gasteiger partial charge is 0.285 e. The van der Waals surface area contributed by atoms with Crippen molar-refractivity contribution in [3.63, 3.8) is 0 Å². The maximum absolute atomic E-state index is 12.6. The lowest BCUT2D eigenvalue weighted by Gasteiger charge is -2.15. The first-order valence-corrected chi connectivity index (χ1v) is 9.65. The molecule has 5 nitrogen and oxygen atoms in total. The Labute approximate surface area is 171 Å². The molecular weight excluding hydrogens is 404 g/mol. The maximum Gasteiger partial charge on any atom is 0.285 e. The van der Waals surface area contributed by atoms with Crippen molar-refractivity contribution in [2.45, 2.75) is 6.92 Å². The number of benzene rings is 2. The molecule has 1 aliphatic heterocycles. The van der Waals surface area contributed by atoms with E-state index >= 15 is 0 Å². The number of nitrogens with one attached hydrogen (secondary N) is 1. The number of hydrogen-bond donors (Lipinski definition) is 1. The molecule has 1 saturated heterocycles. The Hall–Kier alpha value is -2.35. The number of carbonyl (C=O) groups excluding carboxylic acids is 2. The minimum absolute atomic E-state index is 0.252. The van der Waals surface area contributed by atoms with E-state index in [4.69, 9.17) is 28.6 Å². The molecule has 1 fully saturated rings. The van der Waals surface area contributed by atoms with Gasteiger partial charge in [-0.15, -0.1) is 0 Å². The number of amides is 2. The zero-order valence-electron chi connectivity index (χ0n) is 14.3. The van der Waals surface area contributed by atoms with Crippen LogP contribution >= 0.6 is 35.6 Å². The number of halogens is 1. The highest BCUT2D eigenvalue weighted by atomic mass is 35.5. The molecule has 8 heteroatoms. The fourth-order valence-electron chi connectivity index (χ4n) is 2.37. The molecule has 0 unspecified atom stereocenters. The maximum atomic E-state index is 12.6. The highest BCUT2D eigenvalue weighted by Gasteiger charge is 2.33. The van der Waals surface area contributed by atoms with Gasteiger partial charge in [-0.05, 0) is 61.1 Å². The molecule has 0 bridgehead atoms. The standard InChI is InChI=1S/C19H15ClN2O3S2/c1-2-25-15-8-3-5-12(9-15)10-16-18(24)22(19(26)27-16)21-17(23)13-6-4-7-14(20)11-13/h3-11H,2H2,1H3,(H,21,23)/b16-10+. The Morgan fingerprint density at radius 3 is 2.81 bits per heavy atom. The number of carbonyl (C=O) groups is 2. The number of nitrogens with zero attached hydrogens (tertiary/aromatic N) is 1. The molecule has 2 aromatic rings. The Morgan fingerprint density at radius 1 is 1.30 bits per heavy atom. The molecule has 2 amide bonds. The van der Waals surface area contributed by atoms with E-state index in [2.05, 4.69) is 5.43 Å². The summed E-state index contributed by atoms with van der Waals surface area (Å²) in [6.07, 6.45) is 1.72. The van der Waals surface area contributed by atoms with E-state index in [1.54, 1.807) is 24.3 Å². The minimum atomic E-state index is -0.464. The number of hydrazine groups is 1. The first-order valence-electron chi connectivity index (χ1n) is 8.05. The van der Waals surface area contributed by atoms with Crippen LogP contribution in [0.2, 0.25) is 5.02 Å². The number of hydrogen-bond acceptors (Lipinski definition) is 5. The van der Waals surface area contributed by atoms with Crippen LogP contribution in [0.1, 0.15) is 22.8 Å². The summed E-state index contributed by atoms with van der Waals surface area (Å²) in [4.78, 5) is 25.4. The Balaban J connectivity index is 1.76. The van der Waals surface area contributed by atoms with Crippen LogP contribution in [0.4, 0.5) is 0 Å². The molecule has 2 aromatic carbocycles. The summed E-state index contributed by atoms with van der Waals surface area (Å²) < 4.78 is 5.72. The van der Waals surface area contributed by atoms with E-state index in [0.717, 1.165) is 28.1 Å². The third kappa shape index (κ3) is 4.68. The van der Waals surface area contributed by atoms with Crippen LogP contribution in [0.5, 0.6) is 5.75 Å². The summed E-state index contributed by atoms with van der Waals surface area (Å²) in [5.74, 6) is -0.133. The number of thioether (sulfide) groups is 1. The summed E-state index contributed by atoms with van der Waals surface area (Å²) in [7, 11) is 0. The second-order valence-corrected chi connectivity index (χ2v) is 7.59. The van der Waals surface area contributed by atoms with E-state index in [9.17, 15) is 9.59 Å². The molecule has 0 aliphatic carbocycles. The third-order valence-electron chi connectivity index (χ3n) is 3.56.